The predicted octanol–water partition coefficient (Wildman–Crippen LogP) is 2.80. The van der Waals surface area contributed by atoms with Crippen LogP contribution in [-0.4, -0.2) is 41.2 Å². The first-order valence-electron chi connectivity index (χ1n) is 7.83. The minimum Gasteiger partial charge on any atom is -0.447 e. The molecule has 1 aromatic rings. The van der Waals surface area contributed by atoms with Crippen molar-refractivity contribution >= 4 is 6.09 Å². The van der Waals surface area contributed by atoms with Gasteiger partial charge >= 0.3 is 6.09 Å². The number of hydrogen-bond acceptors (Lipinski definition) is 5. The molecule has 2 rings (SSSR count). The molecule has 22 heavy (non-hydrogen) atoms. The van der Waals surface area contributed by atoms with Crippen LogP contribution in [0.15, 0.2) is 17.0 Å². The number of ether oxygens (including phenoxy) is 1. The van der Waals surface area contributed by atoms with Crippen LogP contribution in [0.3, 0.4) is 0 Å². The Morgan fingerprint density at radius 1 is 1.45 bits per heavy atom. The van der Waals surface area contributed by atoms with Crippen molar-refractivity contribution in [2.75, 3.05) is 19.6 Å². The number of amides is 1. The summed E-state index contributed by atoms with van der Waals surface area (Å²) in [5, 5.41) is 3.41. The molecule has 1 aromatic heterocycles. The Morgan fingerprint density at radius 2 is 2.14 bits per heavy atom. The van der Waals surface area contributed by atoms with E-state index in [4.69, 9.17) is 9.15 Å². The van der Waals surface area contributed by atoms with Gasteiger partial charge in [-0.25, -0.2) is 9.78 Å². The zero-order valence-corrected chi connectivity index (χ0v) is 14.0. The second-order valence-corrected chi connectivity index (χ2v) is 7.35. The van der Waals surface area contributed by atoms with E-state index in [0.29, 0.717) is 6.54 Å². The fourth-order valence-electron chi connectivity index (χ4n) is 2.55. The highest BCUT2D eigenvalue weighted by atomic mass is 16.6. The first-order valence-corrected chi connectivity index (χ1v) is 7.83. The number of carbonyl (C=O) groups excluding carboxylic acids is 1. The molecular formula is C16H27N3O3. The van der Waals surface area contributed by atoms with E-state index in [-0.39, 0.29) is 11.5 Å². The Labute approximate surface area is 132 Å². The minimum atomic E-state index is -0.434. The molecule has 1 amide bonds. The summed E-state index contributed by atoms with van der Waals surface area (Å²) in [6, 6.07) is 0. The van der Waals surface area contributed by atoms with Crippen LogP contribution in [0, 0.1) is 5.41 Å². The van der Waals surface area contributed by atoms with Gasteiger partial charge in [0.2, 0.25) is 0 Å². The number of likely N-dealkylation sites (tertiary alicyclic amines) is 1. The van der Waals surface area contributed by atoms with Gasteiger partial charge < -0.3 is 19.4 Å². The van der Waals surface area contributed by atoms with Gasteiger partial charge in [-0.1, -0.05) is 6.92 Å². The Hall–Kier alpha value is -1.56. The predicted molar refractivity (Wildman–Crippen MR) is 83.4 cm³/mol. The van der Waals surface area contributed by atoms with E-state index >= 15 is 0 Å². The molecular weight excluding hydrogens is 282 g/mol. The largest absolute Gasteiger partial charge is 0.447 e. The number of carbonyl (C=O) groups is 1. The Morgan fingerprint density at radius 3 is 2.68 bits per heavy atom. The van der Waals surface area contributed by atoms with Gasteiger partial charge in [0.1, 0.15) is 11.4 Å². The van der Waals surface area contributed by atoms with Crippen LogP contribution in [0.2, 0.25) is 0 Å². The Balaban J connectivity index is 1.74. The average Bonchev–Trinajstić information content (AvgIpc) is 2.90. The van der Waals surface area contributed by atoms with E-state index in [1.54, 1.807) is 6.20 Å². The lowest BCUT2D eigenvalue weighted by Gasteiger charge is -2.39. The number of nitrogens with one attached hydrogen (secondary N) is 1. The molecule has 124 valence electrons. The van der Waals surface area contributed by atoms with E-state index in [1.807, 2.05) is 25.7 Å². The van der Waals surface area contributed by atoms with Gasteiger partial charge in [-0.15, -0.1) is 0 Å². The normalized spacial score (nSPS) is 18.3. The van der Waals surface area contributed by atoms with Gasteiger partial charge in [0.25, 0.3) is 0 Å². The second-order valence-electron chi connectivity index (χ2n) is 7.35. The van der Waals surface area contributed by atoms with Crippen molar-refractivity contribution in [3.63, 3.8) is 0 Å². The van der Waals surface area contributed by atoms with Crippen LogP contribution < -0.4 is 5.32 Å². The summed E-state index contributed by atoms with van der Waals surface area (Å²) < 4.78 is 10.6. The molecule has 1 N–H and O–H groups in total. The molecule has 1 aliphatic rings. The standard InChI is InChI=1S/C16H27N3O3/c1-15(2,3)22-14(20)19-7-5-16(4,6-8-19)11-17-9-13-10-18-12-21-13/h10,12,17H,5-9,11H2,1-4H3. The molecule has 6 heteroatoms. The molecule has 1 saturated heterocycles. The first kappa shape index (κ1) is 16.8. The third-order valence-corrected chi connectivity index (χ3v) is 3.96. The molecule has 0 bridgehead atoms. The molecule has 0 atom stereocenters. The van der Waals surface area contributed by atoms with Gasteiger partial charge in [-0.2, -0.15) is 0 Å². The summed E-state index contributed by atoms with van der Waals surface area (Å²) in [5.41, 5.74) is -0.241. The fourth-order valence-corrected chi connectivity index (χ4v) is 2.55. The third-order valence-electron chi connectivity index (χ3n) is 3.96. The number of hydrogen-bond donors (Lipinski definition) is 1. The lowest BCUT2D eigenvalue weighted by Crippen LogP contribution is -2.47. The number of nitrogens with zero attached hydrogens (tertiary/aromatic N) is 2. The maximum Gasteiger partial charge on any atom is 0.410 e. The van der Waals surface area contributed by atoms with Crippen molar-refractivity contribution in [1.29, 1.82) is 0 Å². The number of oxazole rings is 1. The smallest absolute Gasteiger partial charge is 0.410 e. The van der Waals surface area contributed by atoms with Gasteiger partial charge in [-0.05, 0) is 39.0 Å². The molecule has 0 aliphatic carbocycles. The zero-order valence-electron chi connectivity index (χ0n) is 14.0. The minimum absolute atomic E-state index is 0.193. The van der Waals surface area contributed by atoms with E-state index in [1.165, 1.54) is 6.39 Å². The van der Waals surface area contributed by atoms with Crippen molar-refractivity contribution in [2.24, 2.45) is 5.41 Å². The third kappa shape index (κ3) is 5.02. The van der Waals surface area contributed by atoms with Gasteiger partial charge in [0.05, 0.1) is 12.7 Å². The van der Waals surface area contributed by atoms with Gasteiger partial charge in [-0.3, -0.25) is 0 Å². The van der Waals surface area contributed by atoms with Crippen LogP contribution in [-0.2, 0) is 11.3 Å². The van der Waals surface area contributed by atoms with E-state index < -0.39 is 5.60 Å². The Kier molecular flexibility index (Phi) is 5.11. The quantitative estimate of drug-likeness (QED) is 0.926. The molecule has 0 aromatic carbocycles. The van der Waals surface area contributed by atoms with Crippen LogP contribution in [0.4, 0.5) is 4.79 Å². The number of aromatic nitrogens is 1. The summed E-state index contributed by atoms with van der Waals surface area (Å²) in [7, 11) is 0. The van der Waals surface area contributed by atoms with Crippen LogP contribution in [0.1, 0.15) is 46.3 Å². The highest BCUT2D eigenvalue weighted by Gasteiger charge is 2.33. The summed E-state index contributed by atoms with van der Waals surface area (Å²) in [5.74, 6) is 0.842. The molecule has 0 unspecified atom stereocenters. The zero-order chi connectivity index (χ0) is 16.2. The number of rotatable bonds is 4. The van der Waals surface area contributed by atoms with Gasteiger partial charge in [0.15, 0.2) is 6.39 Å². The highest BCUT2D eigenvalue weighted by Crippen LogP contribution is 2.30. The highest BCUT2D eigenvalue weighted by molar-refractivity contribution is 5.68. The maximum atomic E-state index is 12.1. The van der Waals surface area contributed by atoms with Crippen molar-refractivity contribution in [2.45, 2.75) is 52.7 Å². The van der Waals surface area contributed by atoms with E-state index in [0.717, 1.165) is 38.2 Å². The Bertz CT molecular complexity index is 471. The lowest BCUT2D eigenvalue weighted by atomic mass is 9.80. The van der Waals surface area contributed by atoms with Crippen LogP contribution >= 0.6 is 0 Å². The maximum absolute atomic E-state index is 12.1. The van der Waals surface area contributed by atoms with Crippen LogP contribution in [0.5, 0.6) is 0 Å². The molecule has 0 saturated carbocycles. The number of piperidine rings is 1. The molecule has 6 nitrogen and oxygen atoms in total. The van der Waals surface area contributed by atoms with Gasteiger partial charge in [0, 0.05) is 19.6 Å². The second kappa shape index (κ2) is 6.69. The van der Waals surface area contributed by atoms with Crippen LogP contribution in [0.25, 0.3) is 0 Å². The van der Waals surface area contributed by atoms with Crippen molar-refractivity contribution in [1.82, 2.24) is 15.2 Å². The monoisotopic (exact) mass is 309 g/mol. The SMILES string of the molecule is CC1(CNCc2cnco2)CCN(C(=O)OC(C)(C)C)CC1. The summed E-state index contributed by atoms with van der Waals surface area (Å²) in [6.45, 7) is 11.0. The van der Waals surface area contributed by atoms with Crippen molar-refractivity contribution in [3.05, 3.63) is 18.4 Å². The van der Waals surface area contributed by atoms with Crippen molar-refractivity contribution < 1.29 is 13.9 Å². The lowest BCUT2D eigenvalue weighted by molar-refractivity contribution is 0.0119. The summed E-state index contributed by atoms with van der Waals surface area (Å²) in [4.78, 5) is 17.8. The molecule has 0 spiro atoms. The van der Waals surface area contributed by atoms with E-state index in [2.05, 4.69) is 17.2 Å². The molecule has 2 heterocycles. The van der Waals surface area contributed by atoms with Crippen molar-refractivity contribution in [3.8, 4) is 0 Å². The summed E-state index contributed by atoms with van der Waals surface area (Å²) in [6.07, 6.45) is 4.90. The molecule has 0 radical (unpaired) electrons. The average molecular weight is 309 g/mol. The topological polar surface area (TPSA) is 67.6 Å². The van der Waals surface area contributed by atoms with E-state index in [9.17, 15) is 4.79 Å². The summed E-state index contributed by atoms with van der Waals surface area (Å²) >= 11 is 0. The molecule has 1 fully saturated rings. The fraction of sp³-hybridized carbons (Fsp3) is 0.750. The molecule has 1 aliphatic heterocycles. The first-order chi connectivity index (χ1) is 10.3.